The average Bonchev–Trinajstić information content (AvgIpc) is 2.37. The van der Waals surface area contributed by atoms with Gasteiger partial charge in [0.2, 0.25) is 0 Å². The molecule has 0 aromatic carbocycles. The number of hydrogen-bond donors (Lipinski definition) is 0. The first-order valence-electron chi connectivity index (χ1n) is 2.97. The van der Waals surface area contributed by atoms with Gasteiger partial charge in [0.05, 0.1) is 6.04 Å². The van der Waals surface area contributed by atoms with E-state index in [1.165, 1.54) is 4.88 Å². The van der Waals surface area contributed by atoms with Crippen LogP contribution in [0.4, 0.5) is 0 Å². The maximum Gasteiger partial charge on any atom is 0.0557 e. The van der Waals surface area contributed by atoms with Crippen LogP contribution in [0.15, 0.2) is 17.5 Å². The summed E-state index contributed by atoms with van der Waals surface area (Å²) < 4.78 is 0. The lowest BCUT2D eigenvalue weighted by Crippen LogP contribution is -2.01. The van der Waals surface area contributed by atoms with Gasteiger partial charge in [-0.15, -0.1) is 11.3 Å². The first-order valence-corrected chi connectivity index (χ1v) is 3.85. The molecular weight excluding hydrogens is 130 g/mol. The van der Waals surface area contributed by atoms with Crippen molar-refractivity contribution in [3.8, 4) is 0 Å². The van der Waals surface area contributed by atoms with Crippen molar-refractivity contribution in [2.75, 3.05) is 7.05 Å². The summed E-state index contributed by atoms with van der Waals surface area (Å²) in [6.07, 6.45) is 0. The zero-order valence-corrected chi connectivity index (χ0v) is 6.48. The second kappa shape index (κ2) is 2.99. The van der Waals surface area contributed by atoms with Crippen LogP contribution in [0.25, 0.3) is 0 Å². The molecule has 1 aromatic rings. The molecule has 2 heteroatoms. The Bertz CT molecular complexity index is 157. The van der Waals surface area contributed by atoms with E-state index >= 15 is 0 Å². The van der Waals surface area contributed by atoms with Crippen LogP contribution in [0.2, 0.25) is 0 Å². The van der Waals surface area contributed by atoms with Gasteiger partial charge in [-0.1, -0.05) is 6.07 Å². The Balaban J connectivity index is 2.65. The minimum absolute atomic E-state index is 0.380. The maximum atomic E-state index is 4.14. The van der Waals surface area contributed by atoms with Gasteiger partial charge >= 0.3 is 0 Å². The fraction of sp³-hybridized carbons (Fsp3) is 0.429. The largest absolute Gasteiger partial charge is 0.237 e. The molecule has 0 aliphatic carbocycles. The third-order valence-corrected chi connectivity index (χ3v) is 2.38. The molecule has 1 nitrogen and oxygen atoms in total. The summed E-state index contributed by atoms with van der Waals surface area (Å²) in [5.41, 5.74) is 0. The lowest BCUT2D eigenvalue weighted by atomic mass is 10.3. The molecule has 49 valence electrons. The summed E-state index contributed by atoms with van der Waals surface area (Å²) in [6.45, 7) is 2.10. The van der Waals surface area contributed by atoms with Gasteiger partial charge in [-0.05, 0) is 18.4 Å². The lowest BCUT2D eigenvalue weighted by Gasteiger charge is -2.02. The van der Waals surface area contributed by atoms with Crippen molar-refractivity contribution in [3.05, 3.63) is 22.4 Å². The van der Waals surface area contributed by atoms with E-state index in [0.717, 1.165) is 0 Å². The normalized spacial score (nSPS) is 13.6. The van der Waals surface area contributed by atoms with Crippen molar-refractivity contribution < 1.29 is 0 Å². The van der Waals surface area contributed by atoms with Crippen molar-refractivity contribution in [1.82, 2.24) is 5.32 Å². The summed E-state index contributed by atoms with van der Waals surface area (Å²) in [5.74, 6) is 0. The summed E-state index contributed by atoms with van der Waals surface area (Å²) in [7, 11) is 1.85. The van der Waals surface area contributed by atoms with Gasteiger partial charge in [0.1, 0.15) is 0 Å². The van der Waals surface area contributed by atoms with Crippen LogP contribution >= 0.6 is 11.3 Å². The highest BCUT2D eigenvalue weighted by Gasteiger charge is 2.01. The van der Waals surface area contributed by atoms with E-state index in [4.69, 9.17) is 0 Å². The molecule has 1 atom stereocenters. The summed E-state index contributed by atoms with van der Waals surface area (Å²) >= 11 is 1.76. The SMILES string of the molecule is C[N]C(C)c1cccs1. The maximum absolute atomic E-state index is 4.14. The Morgan fingerprint density at radius 2 is 2.44 bits per heavy atom. The van der Waals surface area contributed by atoms with Crippen LogP contribution in [0.1, 0.15) is 17.8 Å². The zero-order valence-electron chi connectivity index (χ0n) is 5.66. The van der Waals surface area contributed by atoms with Crippen molar-refractivity contribution in [2.24, 2.45) is 0 Å². The number of thiophene rings is 1. The monoisotopic (exact) mass is 140 g/mol. The molecule has 1 unspecified atom stereocenters. The third-order valence-electron chi connectivity index (χ3n) is 1.34. The molecule has 1 rings (SSSR count). The standard InChI is InChI=1S/C7H10NS/c1-6(8-2)7-4-3-5-9-7/h3-6H,1-2H3. The molecular formula is C7H10NS. The summed E-state index contributed by atoms with van der Waals surface area (Å²) in [4.78, 5) is 1.34. The van der Waals surface area contributed by atoms with E-state index in [1.807, 2.05) is 7.05 Å². The molecule has 1 heterocycles. The highest BCUT2D eigenvalue weighted by Crippen LogP contribution is 2.17. The number of nitrogens with zero attached hydrogens (tertiary/aromatic N) is 1. The molecule has 1 radical (unpaired) electrons. The Morgan fingerprint density at radius 3 is 2.89 bits per heavy atom. The van der Waals surface area contributed by atoms with Gasteiger partial charge in [-0.2, -0.15) is 0 Å². The van der Waals surface area contributed by atoms with Crippen molar-refractivity contribution >= 4 is 11.3 Å². The van der Waals surface area contributed by atoms with Crippen LogP contribution < -0.4 is 5.32 Å². The fourth-order valence-corrected chi connectivity index (χ4v) is 1.43. The molecule has 0 saturated heterocycles. The molecule has 0 aliphatic rings. The average molecular weight is 140 g/mol. The molecule has 0 saturated carbocycles. The van der Waals surface area contributed by atoms with Crippen molar-refractivity contribution in [1.29, 1.82) is 0 Å². The Hall–Kier alpha value is -0.340. The zero-order chi connectivity index (χ0) is 6.69. The molecule has 0 bridgehead atoms. The van der Waals surface area contributed by atoms with E-state index in [0.29, 0.717) is 6.04 Å². The second-order valence-electron chi connectivity index (χ2n) is 1.95. The van der Waals surface area contributed by atoms with Crippen LogP contribution in [0.5, 0.6) is 0 Å². The first-order chi connectivity index (χ1) is 4.34. The summed E-state index contributed by atoms with van der Waals surface area (Å²) in [5, 5.41) is 6.22. The third kappa shape index (κ3) is 1.53. The molecule has 0 aliphatic heterocycles. The van der Waals surface area contributed by atoms with Crippen LogP contribution in [0, 0.1) is 0 Å². The van der Waals surface area contributed by atoms with Gasteiger partial charge in [-0.25, -0.2) is 5.32 Å². The quantitative estimate of drug-likeness (QED) is 0.597. The minimum atomic E-state index is 0.380. The predicted molar refractivity (Wildman–Crippen MR) is 40.8 cm³/mol. The topological polar surface area (TPSA) is 14.1 Å². The van der Waals surface area contributed by atoms with E-state index in [2.05, 4.69) is 29.8 Å². The Kier molecular flexibility index (Phi) is 2.25. The van der Waals surface area contributed by atoms with Gasteiger partial charge < -0.3 is 0 Å². The smallest absolute Gasteiger partial charge is 0.0557 e. The molecule has 0 spiro atoms. The highest BCUT2D eigenvalue weighted by molar-refractivity contribution is 7.10. The van der Waals surface area contributed by atoms with Crippen LogP contribution in [-0.2, 0) is 0 Å². The predicted octanol–water partition coefficient (Wildman–Crippen LogP) is 2.04. The van der Waals surface area contributed by atoms with Crippen LogP contribution in [0.3, 0.4) is 0 Å². The molecule has 0 amide bonds. The molecule has 9 heavy (non-hydrogen) atoms. The van der Waals surface area contributed by atoms with E-state index in [-0.39, 0.29) is 0 Å². The minimum Gasteiger partial charge on any atom is -0.237 e. The van der Waals surface area contributed by atoms with E-state index < -0.39 is 0 Å². The molecule has 0 fully saturated rings. The first kappa shape index (κ1) is 6.78. The number of hydrogen-bond acceptors (Lipinski definition) is 1. The Morgan fingerprint density at radius 1 is 1.67 bits per heavy atom. The van der Waals surface area contributed by atoms with Gasteiger partial charge in [0, 0.05) is 11.9 Å². The summed E-state index contributed by atoms with van der Waals surface area (Å²) in [6, 6.07) is 4.55. The van der Waals surface area contributed by atoms with Gasteiger partial charge in [0.15, 0.2) is 0 Å². The Labute approximate surface area is 59.7 Å². The lowest BCUT2D eigenvalue weighted by molar-refractivity contribution is 0.650. The van der Waals surface area contributed by atoms with E-state index in [9.17, 15) is 0 Å². The van der Waals surface area contributed by atoms with Gasteiger partial charge in [0.25, 0.3) is 0 Å². The van der Waals surface area contributed by atoms with Gasteiger partial charge in [-0.3, -0.25) is 0 Å². The highest BCUT2D eigenvalue weighted by atomic mass is 32.1. The molecule has 1 aromatic heterocycles. The number of rotatable bonds is 2. The molecule has 0 N–H and O–H groups in total. The van der Waals surface area contributed by atoms with Crippen molar-refractivity contribution in [2.45, 2.75) is 13.0 Å². The second-order valence-corrected chi connectivity index (χ2v) is 2.93. The fourth-order valence-electron chi connectivity index (χ4n) is 0.656. The van der Waals surface area contributed by atoms with Crippen LogP contribution in [-0.4, -0.2) is 7.05 Å². The van der Waals surface area contributed by atoms with E-state index in [1.54, 1.807) is 11.3 Å². The van der Waals surface area contributed by atoms with Crippen molar-refractivity contribution in [3.63, 3.8) is 0 Å².